The summed E-state index contributed by atoms with van der Waals surface area (Å²) in [6.45, 7) is 0.135. The van der Waals surface area contributed by atoms with Crippen LogP contribution in [0.15, 0.2) is 39.2 Å². The number of ether oxygens (including phenoxy) is 4. The zero-order valence-electron chi connectivity index (χ0n) is 18.4. The molecule has 0 saturated heterocycles. The molecule has 186 valence electrons. The summed E-state index contributed by atoms with van der Waals surface area (Å²) in [4.78, 5) is 39.4. The molecular weight excluding hydrogens is 502 g/mol. The Hall–Kier alpha value is -4.39. The number of fused-ring (bicyclic) bond motifs is 2. The molecule has 10 nitrogen and oxygen atoms in total. The van der Waals surface area contributed by atoms with Gasteiger partial charge in [-0.3, -0.25) is 4.79 Å². The Morgan fingerprint density at radius 2 is 1.94 bits per heavy atom. The molecule has 2 aromatic heterocycles. The lowest BCUT2D eigenvalue weighted by Gasteiger charge is -2.22. The van der Waals surface area contributed by atoms with Gasteiger partial charge in [-0.05, 0) is 12.1 Å². The van der Waals surface area contributed by atoms with Crippen LogP contribution in [-0.2, 0) is 6.61 Å². The number of rotatable bonds is 6. The van der Waals surface area contributed by atoms with Gasteiger partial charge in [0.2, 0.25) is 0 Å². The number of hydrogen-bond donors (Lipinski definition) is 2. The second kappa shape index (κ2) is 9.00. The Kier molecular flexibility index (Phi) is 5.84. The van der Waals surface area contributed by atoms with Crippen LogP contribution in [0, 0.1) is 11.6 Å². The van der Waals surface area contributed by atoms with Gasteiger partial charge in [0.25, 0.3) is 5.56 Å². The first kappa shape index (κ1) is 23.4. The van der Waals surface area contributed by atoms with E-state index in [2.05, 4.69) is 4.98 Å². The van der Waals surface area contributed by atoms with Crippen LogP contribution < -0.4 is 30.2 Å². The zero-order valence-corrected chi connectivity index (χ0v) is 19.2. The number of carboxylic acid groups (broad SMARTS) is 1. The van der Waals surface area contributed by atoms with Gasteiger partial charge >= 0.3 is 11.7 Å². The monoisotopic (exact) mass is 518 g/mol. The highest BCUT2D eigenvalue weighted by atomic mass is 32.1. The molecule has 0 saturated carbocycles. The first-order valence-corrected chi connectivity index (χ1v) is 11.3. The molecule has 36 heavy (non-hydrogen) atoms. The molecule has 0 bridgehead atoms. The number of nitrogens with one attached hydrogen (secondary N) is 1. The molecule has 5 rings (SSSR count). The van der Waals surface area contributed by atoms with Gasteiger partial charge in [-0.1, -0.05) is 0 Å². The normalized spacial score (nSPS) is 12.5. The molecule has 2 N–H and O–H groups in total. The van der Waals surface area contributed by atoms with Gasteiger partial charge in [0.1, 0.15) is 30.5 Å². The summed E-state index contributed by atoms with van der Waals surface area (Å²) < 4.78 is 51.9. The number of aromatic carboxylic acids is 1. The highest BCUT2D eigenvalue weighted by Gasteiger charge is 2.24. The molecule has 0 unspecified atom stereocenters. The Morgan fingerprint density at radius 3 is 2.69 bits per heavy atom. The fraction of sp³-hybridized carbons (Fsp3) is 0.174. The maximum atomic E-state index is 15.0. The van der Waals surface area contributed by atoms with Crippen molar-refractivity contribution in [1.29, 1.82) is 0 Å². The van der Waals surface area contributed by atoms with Crippen molar-refractivity contribution < 1.29 is 37.6 Å². The van der Waals surface area contributed by atoms with E-state index in [1.54, 1.807) is 0 Å². The molecule has 1 aliphatic heterocycles. The van der Waals surface area contributed by atoms with E-state index < -0.39 is 34.5 Å². The summed E-state index contributed by atoms with van der Waals surface area (Å²) in [6, 6.07) is 4.54. The summed E-state index contributed by atoms with van der Waals surface area (Å²) in [5, 5.41) is 10.4. The highest BCUT2D eigenvalue weighted by Crippen LogP contribution is 2.38. The maximum absolute atomic E-state index is 15.0. The number of aromatic amines is 1. The Bertz CT molecular complexity index is 1640. The van der Waals surface area contributed by atoms with Gasteiger partial charge in [-0.2, -0.15) is 0 Å². The third-order valence-corrected chi connectivity index (χ3v) is 6.42. The van der Waals surface area contributed by atoms with E-state index in [4.69, 9.17) is 18.9 Å². The molecular formula is C23H16F2N2O8S. The van der Waals surface area contributed by atoms with Gasteiger partial charge in [0.05, 0.1) is 29.3 Å². The summed E-state index contributed by atoms with van der Waals surface area (Å²) in [5.74, 6) is -2.72. The van der Waals surface area contributed by atoms with Crippen LogP contribution in [0.5, 0.6) is 23.0 Å². The lowest BCUT2D eigenvalue weighted by atomic mass is 10.1. The molecule has 0 radical (unpaired) electrons. The van der Waals surface area contributed by atoms with Crippen LogP contribution in [-0.4, -0.2) is 41.0 Å². The number of methoxy groups -OCH3 is 1. The van der Waals surface area contributed by atoms with Gasteiger partial charge < -0.3 is 29.0 Å². The fourth-order valence-corrected chi connectivity index (χ4v) is 4.64. The van der Waals surface area contributed by atoms with Crippen LogP contribution in [0.3, 0.4) is 0 Å². The topological polar surface area (TPSA) is 129 Å². The minimum absolute atomic E-state index is 0.0144. The number of thiophene rings is 1. The van der Waals surface area contributed by atoms with Crippen LogP contribution in [0.1, 0.15) is 15.2 Å². The summed E-state index contributed by atoms with van der Waals surface area (Å²) in [6.07, 6.45) is 0. The lowest BCUT2D eigenvalue weighted by molar-refractivity contribution is 0.0704. The number of aromatic nitrogens is 2. The molecule has 0 spiro atoms. The predicted molar refractivity (Wildman–Crippen MR) is 123 cm³/mol. The summed E-state index contributed by atoms with van der Waals surface area (Å²) in [5.41, 5.74) is -2.49. The van der Waals surface area contributed by atoms with E-state index >= 15 is 4.39 Å². The fourth-order valence-electron chi connectivity index (χ4n) is 3.82. The molecule has 13 heteroatoms. The highest BCUT2D eigenvalue weighted by molar-refractivity contribution is 7.13. The molecule has 1 aliphatic rings. The third kappa shape index (κ3) is 3.82. The zero-order chi connectivity index (χ0) is 25.6. The average Bonchev–Trinajstić information content (AvgIpc) is 3.29. The molecule has 0 fully saturated rings. The van der Waals surface area contributed by atoms with E-state index in [1.165, 1.54) is 24.6 Å². The average molecular weight is 518 g/mol. The number of nitrogens with zero attached hydrogens (tertiary/aromatic N) is 1. The number of carbonyl (C=O) groups is 1. The molecule has 2 aromatic carbocycles. The van der Waals surface area contributed by atoms with Crippen LogP contribution in [0.25, 0.3) is 16.6 Å². The number of carboxylic acids is 1. The van der Waals surface area contributed by atoms with Crippen molar-refractivity contribution in [3.05, 3.63) is 72.6 Å². The van der Waals surface area contributed by atoms with Gasteiger partial charge in [-0.25, -0.2) is 22.9 Å². The standard InChI is InChI=1S/C23H16F2N2O8S/c1-32-16-6-12(25)14(27-21(28)18-13(26-23(27)31)9-36-20(18)22(29)30)7-17(16)35-8-10-11(24)2-3-15-19(10)34-5-4-33-15/h2-3,6-7,9H,4-5,8H2,1H3,(H,26,31)(H,29,30). The minimum atomic E-state index is -1.37. The second-order valence-corrected chi connectivity index (χ2v) is 8.40. The summed E-state index contributed by atoms with van der Waals surface area (Å²) in [7, 11) is 1.25. The van der Waals surface area contributed by atoms with Crippen molar-refractivity contribution >= 4 is 28.2 Å². The Balaban J connectivity index is 1.61. The smallest absolute Gasteiger partial charge is 0.346 e. The molecule has 0 atom stereocenters. The number of hydrogen-bond acceptors (Lipinski definition) is 8. The first-order valence-electron chi connectivity index (χ1n) is 10.4. The van der Waals surface area contributed by atoms with Crippen LogP contribution in [0.2, 0.25) is 0 Å². The van der Waals surface area contributed by atoms with E-state index in [0.29, 0.717) is 16.9 Å². The van der Waals surface area contributed by atoms with Gasteiger partial charge in [-0.15, -0.1) is 11.3 Å². The van der Waals surface area contributed by atoms with Crippen molar-refractivity contribution in [2.45, 2.75) is 6.61 Å². The predicted octanol–water partition coefficient (Wildman–Crippen LogP) is 3.08. The third-order valence-electron chi connectivity index (χ3n) is 5.45. The minimum Gasteiger partial charge on any atom is -0.493 e. The Labute approximate surface area is 203 Å². The van der Waals surface area contributed by atoms with Gasteiger partial charge in [0, 0.05) is 17.5 Å². The van der Waals surface area contributed by atoms with Gasteiger partial charge in [0.15, 0.2) is 28.8 Å². The molecule has 0 aliphatic carbocycles. The van der Waals surface area contributed by atoms with Crippen molar-refractivity contribution in [1.82, 2.24) is 9.55 Å². The van der Waals surface area contributed by atoms with Crippen LogP contribution >= 0.6 is 11.3 Å². The largest absolute Gasteiger partial charge is 0.493 e. The second-order valence-electron chi connectivity index (χ2n) is 7.52. The van der Waals surface area contributed by atoms with E-state index in [1.807, 2.05) is 0 Å². The van der Waals surface area contributed by atoms with Crippen molar-refractivity contribution in [3.63, 3.8) is 0 Å². The van der Waals surface area contributed by atoms with Crippen molar-refractivity contribution in [2.75, 3.05) is 20.3 Å². The molecule has 3 heterocycles. The maximum Gasteiger partial charge on any atom is 0.346 e. The number of halogens is 2. The first-order chi connectivity index (χ1) is 17.3. The van der Waals surface area contributed by atoms with Crippen molar-refractivity contribution in [2.24, 2.45) is 0 Å². The Morgan fingerprint density at radius 1 is 1.17 bits per heavy atom. The number of H-pyrrole nitrogens is 1. The van der Waals surface area contributed by atoms with Crippen LogP contribution in [0.4, 0.5) is 8.78 Å². The number of benzene rings is 2. The quantitative estimate of drug-likeness (QED) is 0.399. The van der Waals surface area contributed by atoms with E-state index in [-0.39, 0.29) is 51.8 Å². The van der Waals surface area contributed by atoms with E-state index in [0.717, 1.165) is 23.5 Å². The molecule has 4 aromatic rings. The lowest BCUT2D eigenvalue weighted by Crippen LogP contribution is -2.34. The molecule has 0 amide bonds. The van der Waals surface area contributed by atoms with Crippen molar-refractivity contribution in [3.8, 4) is 28.7 Å². The van der Waals surface area contributed by atoms with E-state index in [9.17, 15) is 23.9 Å². The summed E-state index contributed by atoms with van der Waals surface area (Å²) >= 11 is 0.750. The SMILES string of the molecule is COc1cc(F)c(-n2c(=O)[nH]c3csc(C(=O)O)c3c2=O)cc1OCc1c(F)ccc2c1OCCO2.